The molecule has 3 rings (SSSR count). The lowest BCUT2D eigenvalue weighted by Gasteiger charge is -2.30. The Balaban J connectivity index is 1.84. The van der Waals surface area contributed by atoms with E-state index >= 15 is 0 Å². The van der Waals surface area contributed by atoms with Crippen LogP contribution in [0.15, 0.2) is 30.5 Å². The van der Waals surface area contributed by atoms with Crippen LogP contribution in [-0.2, 0) is 0 Å². The Morgan fingerprint density at radius 3 is 2.84 bits per heavy atom. The van der Waals surface area contributed by atoms with Crippen molar-refractivity contribution in [3.8, 4) is 0 Å². The van der Waals surface area contributed by atoms with E-state index < -0.39 is 0 Å². The lowest BCUT2D eigenvalue weighted by molar-refractivity contribution is 0.264. The van der Waals surface area contributed by atoms with Crippen LogP contribution in [0.25, 0.3) is 10.9 Å². The van der Waals surface area contributed by atoms with Gasteiger partial charge in [0.15, 0.2) is 0 Å². The Kier molecular flexibility index (Phi) is 3.25. The maximum absolute atomic E-state index is 5.81. The molecule has 1 aliphatic rings. The van der Waals surface area contributed by atoms with Crippen molar-refractivity contribution in [2.75, 3.05) is 31.2 Å². The highest BCUT2D eigenvalue weighted by Crippen LogP contribution is 2.25. The lowest BCUT2D eigenvalue weighted by atomic mass is 10.0. The van der Waals surface area contributed by atoms with E-state index in [1.54, 1.807) is 0 Å². The standard InChI is InChI=1S/C15H20N4/c1-19-8-5-12(6-9-19)18-14-4-7-17-15-10-11(16)2-3-13(14)15/h2-4,7,10,12H,5-6,8-9,16H2,1H3,(H,17,18). The molecule has 1 aromatic carbocycles. The maximum atomic E-state index is 5.81. The third-order valence-corrected chi connectivity index (χ3v) is 3.84. The zero-order valence-electron chi connectivity index (χ0n) is 11.3. The van der Waals surface area contributed by atoms with Crippen LogP contribution in [0.2, 0.25) is 0 Å². The molecule has 4 nitrogen and oxygen atoms in total. The van der Waals surface area contributed by atoms with Crippen molar-refractivity contribution in [1.82, 2.24) is 9.88 Å². The fourth-order valence-electron chi connectivity index (χ4n) is 2.66. The summed E-state index contributed by atoms with van der Waals surface area (Å²) in [4.78, 5) is 6.76. The van der Waals surface area contributed by atoms with Gasteiger partial charge >= 0.3 is 0 Å². The lowest BCUT2D eigenvalue weighted by Crippen LogP contribution is -2.36. The van der Waals surface area contributed by atoms with Gasteiger partial charge in [-0.25, -0.2) is 0 Å². The molecule has 1 aromatic heterocycles. The summed E-state index contributed by atoms with van der Waals surface area (Å²) in [5.74, 6) is 0. The first-order valence-corrected chi connectivity index (χ1v) is 6.82. The molecule has 0 radical (unpaired) electrons. The Hall–Kier alpha value is -1.81. The molecular weight excluding hydrogens is 236 g/mol. The third-order valence-electron chi connectivity index (χ3n) is 3.84. The third kappa shape index (κ3) is 2.63. The number of nitrogens with one attached hydrogen (secondary N) is 1. The van der Waals surface area contributed by atoms with E-state index in [1.807, 2.05) is 18.3 Å². The number of benzene rings is 1. The second-order valence-corrected chi connectivity index (χ2v) is 5.36. The molecule has 1 saturated heterocycles. The maximum Gasteiger partial charge on any atom is 0.0743 e. The van der Waals surface area contributed by atoms with Crippen molar-refractivity contribution < 1.29 is 0 Å². The summed E-state index contributed by atoms with van der Waals surface area (Å²) >= 11 is 0. The van der Waals surface area contributed by atoms with Gasteiger partial charge in [-0.2, -0.15) is 0 Å². The van der Waals surface area contributed by atoms with Gasteiger partial charge in [0, 0.05) is 29.0 Å². The number of hydrogen-bond acceptors (Lipinski definition) is 4. The molecule has 0 amide bonds. The number of anilines is 2. The molecule has 0 spiro atoms. The summed E-state index contributed by atoms with van der Waals surface area (Å²) in [5.41, 5.74) is 8.69. The van der Waals surface area contributed by atoms with Crippen molar-refractivity contribution in [1.29, 1.82) is 0 Å². The van der Waals surface area contributed by atoms with Crippen LogP contribution in [0.3, 0.4) is 0 Å². The molecule has 4 heteroatoms. The van der Waals surface area contributed by atoms with E-state index in [2.05, 4.69) is 34.4 Å². The van der Waals surface area contributed by atoms with Crippen molar-refractivity contribution in [2.24, 2.45) is 0 Å². The van der Waals surface area contributed by atoms with Crippen LogP contribution >= 0.6 is 0 Å². The zero-order valence-corrected chi connectivity index (χ0v) is 11.3. The van der Waals surface area contributed by atoms with E-state index in [1.165, 1.54) is 18.5 Å². The monoisotopic (exact) mass is 256 g/mol. The van der Waals surface area contributed by atoms with Crippen molar-refractivity contribution in [3.63, 3.8) is 0 Å². The van der Waals surface area contributed by atoms with Crippen molar-refractivity contribution >= 4 is 22.3 Å². The number of nitrogens with zero attached hydrogens (tertiary/aromatic N) is 2. The van der Waals surface area contributed by atoms with Gasteiger partial charge in [-0.3, -0.25) is 4.98 Å². The molecule has 2 aromatic rings. The second-order valence-electron chi connectivity index (χ2n) is 5.36. The van der Waals surface area contributed by atoms with Gasteiger partial charge < -0.3 is 16.0 Å². The normalized spacial score (nSPS) is 17.7. The number of piperidine rings is 1. The molecule has 0 bridgehead atoms. The predicted molar refractivity (Wildman–Crippen MR) is 80.3 cm³/mol. The SMILES string of the molecule is CN1CCC(Nc2ccnc3cc(N)ccc23)CC1. The van der Waals surface area contributed by atoms with Gasteiger partial charge in [-0.15, -0.1) is 0 Å². The number of nitrogen functional groups attached to an aromatic ring is 1. The first kappa shape index (κ1) is 12.2. The molecule has 1 fully saturated rings. The Morgan fingerprint density at radius 1 is 1.26 bits per heavy atom. The Bertz CT molecular complexity index is 573. The molecule has 1 aliphatic heterocycles. The average Bonchev–Trinajstić information content (AvgIpc) is 2.41. The number of aromatic nitrogens is 1. The van der Waals surface area contributed by atoms with Crippen LogP contribution in [0.1, 0.15) is 12.8 Å². The number of fused-ring (bicyclic) bond motifs is 1. The zero-order chi connectivity index (χ0) is 13.2. The van der Waals surface area contributed by atoms with E-state index in [9.17, 15) is 0 Å². The average molecular weight is 256 g/mol. The smallest absolute Gasteiger partial charge is 0.0743 e. The first-order chi connectivity index (χ1) is 9.22. The van der Waals surface area contributed by atoms with Crippen LogP contribution in [0.4, 0.5) is 11.4 Å². The molecule has 19 heavy (non-hydrogen) atoms. The molecule has 0 unspecified atom stereocenters. The quantitative estimate of drug-likeness (QED) is 0.810. The highest BCUT2D eigenvalue weighted by molar-refractivity contribution is 5.92. The Labute approximate surface area is 113 Å². The fourth-order valence-corrected chi connectivity index (χ4v) is 2.66. The van der Waals surface area contributed by atoms with Crippen LogP contribution in [0.5, 0.6) is 0 Å². The predicted octanol–water partition coefficient (Wildman–Crippen LogP) is 2.32. The van der Waals surface area contributed by atoms with Gasteiger partial charge in [0.25, 0.3) is 0 Å². The van der Waals surface area contributed by atoms with E-state index in [4.69, 9.17) is 5.73 Å². The highest BCUT2D eigenvalue weighted by Gasteiger charge is 2.16. The van der Waals surface area contributed by atoms with Gasteiger partial charge in [-0.05, 0) is 57.2 Å². The number of likely N-dealkylation sites (tertiary alicyclic amines) is 1. The molecular formula is C15H20N4. The largest absolute Gasteiger partial charge is 0.399 e. The van der Waals surface area contributed by atoms with Gasteiger partial charge in [-0.1, -0.05) is 0 Å². The van der Waals surface area contributed by atoms with Crippen molar-refractivity contribution in [3.05, 3.63) is 30.5 Å². The Morgan fingerprint density at radius 2 is 2.05 bits per heavy atom. The number of pyridine rings is 1. The summed E-state index contributed by atoms with van der Waals surface area (Å²) in [7, 11) is 2.18. The van der Waals surface area contributed by atoms with E-state index in [0.29, 0.717) is 6.04 Å². The van der Waals surface area contributed by atoms with E-state index in [0.717, 1.165) is 29.7 Å². The summed E-state index contributed by atoms with van der Waals surface area (Å²) in [5, 5.41) is 4.81. The molecule has 100 valence electrons. The van der Waals surface area contributed by atoms with Gasteiger partial charge in [0.2, 0.25) is 0 Å². The number of rotatable bonds is 2. The summed E-state index contributed by atoms with van der Waals surface area (Å²) in [6.07, 6.45) is 4.23. The molecule has 0 aliphatic carbocycles. The topological polar surface area (TPSA) is 54.2 Å². The van der Waals surface area contributed by atoms with Crippen LogP contribution in [0, 0.1) is 0 Å². The summed E-state index contributed by atoms with van der Waals surface area (Å²) in [6, 6.07) is 8.52. The molecule has 3 N–H and O–H groups in total. The van der Waals surface area contributed by atoms with E-state index in [-0.39, 0.29) is 0 Å². The minimum atomic E-state index is 0.555. The molecule has 0 saturated carbocycles. The fraction of sp³-hybridized carbons (Fsp3) is 0.400. The number of hydrogen-bond donors (Lipinski definition) is 2. The van der Waals surface area contributed by atoms with Crippen LogP contribution in [-0.4, -0.2) is 36.1 Å². The van der Waals surface area contributed by atoms with Crippen LogP contribution < -0.4 is 11.1 Å². The number of nitrogens with two attached hydrogens (primary N) is 1. The van der Waals surface area contributed by atoms with Crippen molar-refractivity contribution in [2.45, 2.75) is 18.9 Å². The minimum absolute atomic E-state index is 0.555. The second kappa shape index (κ2) is 5.05. The highest BCUT2D eigenvalue weighted by atomic mass is 15.1. The molecule has 0 atom stereocenters. The van der Waals surface area contributed by atoms with Gasteiger partial charge in [0.1, 0.15) is 0 Å². The summed E-state index contributed by atoms with van der Waals surface area (Å²) < 4.78 is 0. The van der Waals surface area contributed by atoms with Gasteiger partial charge in [0.05, 0.1) is 5.52 Å². The molecule has 2 heterocycles. The summed E-state index contributed by atoms with van der Waals surface area (Å²) in [6.45, 7) is 2.32. The first-order valence-electron chi connectivity index (χ1n) is 6.82. The minimum Gasteiger partial charge on any atom is -0.399 e.